The van der Waals surface area contributed by atoms with Gasteiger partial charge in [-0.15, -0.1) is 0 Å². The summed E-state index contributed by atoms with van der Waals surface area (Å²) in [5.41, 5.74) is 0.573. The molecule has 0 aliphatic rings. The number of hydrogen-bond donors (Lipinski definition) is 1. The van der Waals surface area contributed by atoms with Crippen molar-refractivity contribution in [2.24, 2.45) is 10.4 Å². The maximum atomic E-state index is 11.1. The van der Waals surface area contributed by atoms with Crippen molar-refractivity contribution in [3.63, 3.8) is 0 Å². The number of nitrogens with one attached hydrogen (secondary N) is 1. The summed E-state index contributed by atoms with van der Waals surface area (Å²) in [6.07, 6.45) is 2.48. The predicted molar refractivity (Wildman–Crippen MR) is 78.4 cm³/mol. The normalized spacial score (nSPS) is 12.6. The third-order valence-corrected chi connectivity index (χ3v) is 2.57. The quantitative estimate of drug-likeness (QED) is 0.667. The van der Waals surface area contributed by atoms with Gasteiger partial charge in [0.25, 0.3) is 0 Å². The lowest BCUT2D eigenvalue weighted by molar-refractivity contribution is 0.425. The van der Waals surface area contributed by atoms with Gasteiger partial charge in [0, 0.05) is 12.6 Å². The summed E-state index contributed by atoms with van der Waals surface area (Å²) in [6.45, 7) is 6.91. The van der Waals surface area contributed by atoms with Crippen molar-refractivity contribution in [2.45, 2.75) is 20.8 Å². The summed E-state index contributed by atoms with van der Waals surface area (Å²) in [5.74, 6) is 0.534. The fraction of sp³-hybridized carbons (Fsp3) is 0.462. The summed E-state index contributed by atoms with van der Waals surface area (Å²) >= 11 is 0. The molecule has 1 aromatic rings. The zero-order valence-corrected chi connectivity index (χ0v) is 12.5. The van der Waals surface area contributed by atoms with Gasteiger partial charge in [-0.25, -0.2) is 8.42 Å². The Balaban J connectivity index is 2.63. The van der Waals surface area contributed by atoms with E-state index in [0.29, 0.717) is 18.0 Å². The highest BCUT2D eigenvalue weighted by molar-refractivity contribution is 7.92. The molecule has 0 fully saturated rings. The van der Waals surface area contributed by atoms with Crippen molar-refractivity contribution in [1.82, 2.24) is 0 Å². The molecule has 19 heavy (non-hydrogen) atoms. The third-order valence-electron chi connectivity index (χ3n) is 1.97. The van der Waals surface area contributed by atoms with Crippen LogP contribution in [0, 0.1) is 5.41 Å². The van der Waals surface area contributed by atoms with Gasteiger partial charge in [0.1, 0.15) is 5.75 Å². The van der Waals surface area contributed by atoms with Gasteiger partial charge in [0.05, 0.1) is 11.9 Å². The van der Waals surface area contributed by atoms with Crippen LogP contribution in [-0.4, -0.2) is 27.6 Å². The molecule has 1 rings (SSSR count). The van der Waals surface area contributed by atoms with E-state index in [1.807, 2.05) is 0 Å². The summed E-state index contributed by atoms with van der Waals surface area (Å²) < 4.78 is 29.9. The molecule has 0 spiro atoms. The van der Waals surface area contributed by atoms with Crippen LogP contribution in [0.2, 0.25) is 0 Å². The van der Waals surface area contributed by atoms with Crippen LogP contribution in [0.3, 0.4) is 0 Å². The van der Waals surface area contributed by atoms with Crippen LogP contribution in [-0.2, 0) is 10.0 Å². The number of anilines is 1. The maximum absolute atomic E-state index is 11.1. The van der Waals surface area contributed by atoms with E-state index in [1.54, 1.807) is 24.3 Å². The van der Waals surface area contributed by atoms with Gasteiger partial charge in [-0.1, -0.05) is 26.8 Å². The molecule has 0 aliphatic carbocycles. The van der Waals surface area contributed by atoms with Crippen LogP contribution in [0.1, 0.15) is 20.8 Å². The van der Waals surface area contributed by atoms with Crippen LogP contribution in [0.4, 0.5) is 5.69 Å². The van der Waals surface area contributed by atoms with Crippen LogP contribution in [0.15, 0.2) is 29.3 Å². The third kappa shape index (κ3) is 7.46. The second-order valence-corrected chi connectivity index (χ2v) is 7.28. The van der Waals surface area contributed by atoms with E-state index >= 15 is 0 Å². The molecule has 6 heteroatoms. The zero-order chi connectivity index (χ0) is 14.5. The molecule has 1 N–H and O–H groups in total. The first kappa shape index (κ1) is 15.5. The number of nitrogens with zero attached hydrogens (tertiary/aromatic N) is 1. The first-order chi connectivity index (χ1) is 8.66. The van der Waals surface area contributed by atoms with Crippen LogP contribution >= 0.6 is 0 Å². The summed E-state index contributed by atoms with van der Waals surface area (Å²) in [4.78, 5) is 4.16. The average molecular weight is 284 g/mol. The number of hydrogen-bond acceptors (Lipinski definition) is 4. The highest BCUT2D eigenvalue weighted by Crippen LogP contribution is 2.18. The monoisotopic (exact) mass is 284 g/mol. The molecule has 0 amide bonds. The Bertz CT molecular complexity index is 545. The van der Waals surface area contributed by atoms with Crippen LogP contribution in [0.25, 0.3) is 0 Å². The summed E-state index contributed by atoms with van der Waals surface area (Å²) in [6, 6.07) is 6.70. The van der Waals surface area contributed by atoms with Crippen molar-refractivity contribution < 1.29 is 13.2 Å². The van der Waals surface area contributed by atoms with Crippen molar-refractivity contribution in [1.29, 1.82) is 0 Å². The number of benzene rings is 1. The predicted octanol–water partition coefficient (Wildman–Crippen LogP) is 2.51. The van der Waals surface area contributed by atoms with Gasteiger partial charge >= 0.3 is 0 Å². The lowest BCUT2D eigenvalue weighted by atomic mass is 9.98. The summed E-state index contributed by atoms with van der Waals surface area (Å²) in [7, 11) is -3.28. The molecule has 0 radical (unpaired) electrons. The minimum absolute atomic E-state index is 0.111. The molecule has 0 unspecified atom stereocenters. The van der Waals surface area contributed by atoms with E-state index < -0.39 is 10.0 Å². The van der Waals surface area contributed by atoms with E-state index in [2.05, 4.69) is 30.5 Å². The fourth-order valence-electron chi connectivity index (χ4n) is 1.26. The van der Waals surface area contributed by atoms with Crippen LogP contribution < -0.4 is 9.46 Å². The Morgan fingerprint density at radius 2 is 2.05 bits per heavy atom. The van der Waals surface area contributed by atoms with Crippen molar-refractivity contribution in [3.05, 3.63) is 24.3 Å². The first-order valence-corrected chi connectivity index (χ1v) is 7.78. The molecular formula is C13H20N2O3S. The van der Waals surface area contributed by atoms with Crippen molar-refractivity contribution >= 4 is 22.1 Å². The zero-order valence-electron chi connectivity index (χ0n) is 11.7. The minimum Gasteiger partial charge on any atom is -0.446 e. The molecule has 5 nitrogen and oxygen atoms in total. The largest absolute Gasteiger partial charge is 0.446 e. The Kier molecular flexibility index (Phi) is 4.94. The Hall–Kier alpha value is -1.56. The minimum atomic E-state index is -3.28. The molecule has 1 aromatic carbocycles. The molecule has 0 saturated carbocycles. The first-order valence-electron chi connectivity index (χ1n) is 5.88. The number of sulfonamides is 1. The number of ether oxygens (including phenoxy) is 1. The van der Waals surface area contributed by atoms with Gasteiger partial charge in [-0.3, -0.25) is 9.71 Å². The number of rotatable bonds is 5. The van der Waals surface area contributed by atoms with Gasteiger partial charge in [-0.05, 0) is 17.5 Å². The SMILES string of the molecule is CC(C)(C)C/N=C/Oc1cccc(NS(C)(=O)=O)c1. The van der Waals surface area contributed by atoms with E-state index in [0.717, 1.165) is 6.26 Å². The molecule has 0 atom stereocenters. The van der Waals surface area contributed by atoms with E-state index in [9.17, 15) is 8.42 Å². The molecule has 0 aliphatic heterocycles. The molecular weight excluding hydrogens is 264 g/mol. The van der Waals surface area contributed by atoms with Gasteiger partial charge in [-0.2, -0.15) is 0 Å². The van der Waals surface area contributed by atoms with Crippen LogP contribution in [0.5, 0.6) is 5.75 Å². The average Bonchev–Trinajstić information content (AvgIpc) is 2.21. The highest BCUT2D eigenvalue weighted by Gasteiger charge is 2.07. The summed E-state index contributed by atoms with van der Waals surface area (Å²) in [5, 5.41) is 0. The highest BCUT2D eigenvalue weighted by atomic mass is 32.2. The lowest BCUT2D eigenvalue weighted by Crippen LogP contribution is -2.10. The van der Waals surface area contributed by atoms with Gasteiger partial charge < -0.3 is 4.74 Å². The van der Waals surface area contributed by atoms with E-state index in [-0.39, 0.29) is 5.41 Å². The molecule has 0 saturated heterocycles. The molecule has 106 valence electrons. The van der Waals surface area contributed by atoms with Crippen molar-refractivity contribution in [3.8, 4) is 5.75 Å². The van der Waals surface area contributed by atoms with E-state index in [1.165, 1.54) is 6.40 Å². The Morgan fingerprint density at radius 1 is 1.37 bits per heavy atom. The molecule has 0 heterocycles. The van der Waals surface area contributed by atoms with Crippen molar-refractivity contribution in [2.75, 3.05) is 17.5 Å². The van der Waals surface area contributed by atoms with Gasteiger partial charge in [0.2, 0.25) is 10.0 Å². The second kappa shape index (κ2) is 6.06. The lowest BCUT2D eigenvalue weighted by Gasteiger charge is -2.13. The second-order valence-electron chi connectivity index (χ2n) is 5.53. The Morgan fingerprint density at radius 3 is 2.63 bits per heavy atom. The van der Waals surface area contributed by atoms with E-state index in [4.69, 9.17) is 4.74 Å². The standard InChI is InChI=1S/C13H20N2O3S/c1-13(2,3)9-14-10-18-12-7-5-6-11(8-12)15-19(4,16)17/h5-8,10,15H,9H2,1-4H3/b14-10+. The maximum Gasteiger partial charge on any atom is 0.229 e. The number of aliphatic imine (C=N–C) groups is 1. The fourth-order valence-corrected chi connectivity index (χ4v) is 1.81. The topological polar surface area (TPSA) is 67.8 Å². The Labute approximate surface area is 114 Å². The van der Waals surface area contributed by atoms with Gasteiger partial charge in [0.15, 0.2) is 6.40 Å². The smallest absolute Gasteiger partial charge is 0.229 e. The molecule has 0 bridgehead atoms. The molecule has 0 aromatic heterocycles.